The van der Waals surface area contributed by atoms with Crippen molar-refractivity contribution >= 4 is 29.1 Å². The van der Waals surface area contributed by atoms with E-state index in [0.29, 0.717) is 18.0 Å². The molecule has 1 atom stereocenters. The molecule has 1 saturated heterocycles. The first kappa shape index (κ1) is 22.3. The molecule has 0 saturated carbocycles. The molecule has 1 heterocycles. The molecule has 0 spiro atoms. The second-order valence-corrected chi connectivity index (χ2v) is 7.70. The first-order chi connectivity index (χ1) is 14.9. The van der Waals surface area contributed by atoms with Crippen LogP contribution >= 0.6 is 0 Å². The molecule has 31 heavy (non-hydrogen) atoms. The molecule has 0 bridgehead atoms. The molecule has 1 unspecified atom stereocenters. The van der Waals surface area contributed by atoms with E-state index < -0.39 is 5.92 Å². The van der Waals surface area contributed by atoms with E-state index in [-0.39, 0.29) is 37.2 Å². The summed E-state index contributed by atoms with van der Waals surface area (Å²) in [6.07, 6.45) is 0.844. The lowest BCUT2D eigenvalue weighted by atomic mass is 10.1. The molecule has 0 radical (unpaired) electrons. The lowest BCUT2D eigenvalue weighted by molar-refractivity contribution is -0.138. The Balaban J connectivity index is 1.69. The van der Waals surface area contributed by atoms with Gasteiger partial charge in [0, 0.05) is 25.2 Å². The maximum Gasteiger partial charge on any atom is 0.244 e. The third-order valence-corrected chi connectivity index (χ3v) is 5.41. The SMILES string of the molecule is CCCN(CC(=O)Nc1ccccc1C)C(=O)C1CC(=O)N(c2ccccc2OC)C1. The largest absolute Gasteiger partial charge is 0.495 e. The third-order valence-electron chi connectivity index (χ3n) is 5.41. The molecule has 164 valence electrons. The van der Waals surface area contributed by atoms with Crippen LogP contribution in [0.5, 0.6) is 5.75 Å². The first-order valence-corrected chi connectivity index (χ1v) is 10.5. The number of amides is 3. The van der Waals surface area contributed by atoms with E-state index >= 15 is 0 Å². The number of nitrogens with zero attached hydrogens (tertiary/aromatic N) is 2. The van der Waals surface area contributed by atoms with Gasteiger partial charge < -0.3 is 19.9 Å². The summed E-state index contributed by atoms with van der Waals surface area (Å²) in [7, 11) is 1.55. The van der Waals surface area contributed by atoms with Crippen LogP contribution in [0.4, 0.5) is 11.4 Å². The van der Waals surface area contributed by atoms with Crippen LogP contribution in [-0.2, 0) is 14.4 Å². The standard InChI is InChI=1S/C24H29N3O4/c1-4-13-26(16-22(28)25-19-10-6-5-9-17(19)2)24(30)18-14-23(29)27(15-18)20-11-7-8-12-21(20)31-3/h5-12,18H,4,13-16H2,1-3H3,(H,25,28). The fourth-order valence-electron chi connectivity index (χ4n) is 3.83. The van der Waals surface area contributed by atoms with Crippen LogP contribution in [0.2, 0.25) is 0 Å². The maximum atomic E-state index is 13.2. The molecule has 2 aromatic carbocycles. The van der Waals surface area contributed by atoms with Crippen molar-refractivity contribution in [2.45, 2.75) is 26.7 Å². The van der Waals surface area contributed by atoms with Gasteiger partial charge in [-0.15, -0.1) is 0 Å². The number of nitrogens with one attached hydrogen (secondary N) is 1. The molecular formula is C24H29N3O4. The summed E-state index contributed by atoms with van der Waals surface area (Å²) < 4.78 is 5.36. The number of aryl methyl sites for hydroxylation is 1. The van der Waals surface area contributed by atoms with Crippen molar-refractivity contribution in [3.63, 3.8) is 0 Å². The van der Waals surface area contributed by atoms with Crippen molar-refractivity contribution in [3.05, 3.63) is 54.1 Å². The Hall–Kier alpha value is -3.35. The van der Waals surface area contributed by atoms with E-state index in [1.54, 1.807) is 23.0 Å². The quantitative estimate of drug-likeness (QED) is 0.707. The summed E-state index contributed by atoms with van der Waals surface area (Å²) in [5.74, 6) is -0.444. The Bertz CT molecular complexity index is 959. The molecule has 0 aliphatic carbocycles. The van der Waals surface area contributed by atoms with Crippen LogP contribution in [-0.4, -0.2) is 49.4 Å². The van der Waals surface area contributed by atoms with Gasteiger partial charge in [0.25, 0.3) is 0 Å². The number of para-hydroxylation sites is 3. The highest BCUT2D eigenvalue weighted by atomic mass is 16.5. The Morgan fingerprint density at radius 2 is 1.87 bits per heavy atom. The second kappa shape index (κ2) is 10.1. The van der Waals surface area contributed by atoms with Gasteiger partial charge >= 0.3 is 0 Å². The fraction of sp³-hybridized carbons (Fsp3) is 0.375. The summed E-state index contributed by atoms with van der Waals surface area (Å²) in [6.45, 7) is 4.57. The highest BCUT2D eigenvalue weighted by Crippen LogP contribution is 2.33. The van der Waals surface area contributed by atoms with Crippen LogP contribution in [0.15, 0.2) is 48.5 Å². The van der Waals surface area contributed by atoms with Crippen molar-refractivity contribution in [2.75, 3.05) is 37.0 Å². The van der Waals surface area contributed by atoms with Gasteiger partial charge in [-0.3, -0.25) is 14.4 Å². The van der Waals surface area contributed by atoms with Crippen LogP contribution in [0.3, 0.4) is 0 Å². The van der Waals surface area contributed by atoms with Crippen molar-refractivity contribution in [3.8, 4) is 5.75 Å². The van der Waals surface area contributed by atoms with E-state index in [4.69, 9.17) is 4.74 Å². The summed E-state index contributed by atoms with van der Waals surface area (Å²) in [5.41, 5.74) is 2.34. The lowest BCUT2D eigenvalue weighted by Gasteiger charge is -2.25. The molecule has 7 nitrogen and oxygen atoms in total. The van der Waals surface area contributed by atoms with Crippen molar-refractivity contribution in [2.24, 2.45) is 5.92 Å². The van der Waals surface area contributed by atoms with Gasteiger partial charge in [-0.25, -0.2) is 0 Å². The van der Waals surface area contributed by atoms with Gasteiger partial charge in [0.1, 0.15) is 5.75 Å². The van der Waals surface area contributed by atoms with Gasteiger partial charge in [-0.2, -0.15) is 0 Å². The monoisotopic (exact) mass is 423 g/mol. The Morgan fingerprint density at radius 3 is 2.58 bits per heavy atom. The number of benzene rings is 2. The zero-order chi connectivity index (χ0) is 22.4. The lowest BCUT2D eigenvalue weighted by Crippen LogP contribution is -2.42. The van der Waals surface area contributed by atoms with Crippen molar-refractivity contribution in [1.29, 1.82) is 0 Å². The zero-order valence-electron chi connectivity index (χ0n) is 18.3. The first-order valence-electron chi connectivity index (χ1n) is 10.5. The Labute approximate surface area is 183 Å². The molecule has 1 fully saturated rings. The summed E-state index contributed by atoms with van der Waals surface area (Å²) in [4.78, 5) is 41.6. The van der Waals surface area contributed by atoms with Crippen LogP contribution in [0.25, 0.3) is 0 Å². The number of ether oxygens (including phenoxy) is 1. The molecule has 3 amide bonds. The number of anilines is 2. The smallest absolute Gasteiger partial charge is 0.244 e. The average molecular weight is 424 g/mol. The number of rotatable bonds is 8. The minimum atomic E-state index is -0.491. The minimum absolute atomic E-state index is 0.0413. The summed E-state index contributed by atoms with van der Waals surface area (Å²) in [5, 5.41) is 2.88. The van der Waals surface area contributed by atoms with E-state index in [0.717, 1.165) is 17.7 Å². The minimum Gasteiger partial charge on any atom is -0.495 e. The molecular weight excluding hydrogens is 394 g/mol. The number of methoxy groups -OCH3 is 1. The Kier molecular flexibility index (Phi) is 7.28. The molecule has 2 aromatic rings. The number of carbonyl (C=O) groups is 3. The van der Waals surface area contributed by atoms with Gasteiger partial charge in [0.05, 0.1) is 25.3 Å². The molecule has 1 N–H and O–H groups in total. The molecule has 7 heteroatoms. The van der Waals surface area contributed by atoms with Crippen LogP contribution in [0.1, 0.15) is 25.3 Å². The number of hydrogen-bond acceptors (Lipinski definition) is 4. The summed E-state index contributed by atoms with van der Waals surface area (Å²) >= 11 is 0. The molecule has 1 aliphatic heterocycles. The van der Waals surface area contributed by atoms with Crippen molar-refractivity contribution < 1.29 is 19.1 Å². The normalized spacial score (nSPS) is 15.6. The number of hydrogen-bond donors (Lipinski definition) is 1. The van der Waals surface area contributed by atoms with Crippen molar-refractivity contribution in [1.82, 2.24) is 4.90 Å². The predicted molar refractivity (Wildman–Crippen MR) is 120 cm³/mol. The van der Waals surface area contributed by atoms with Gasteiger partial charge in [0.2, 0.25) is 17.7 Å². The van der Waals surface area contributed by atoms with Crippen LogP contribution < -0.4 is 15.0 Å². The fourth-order valence-corrected chi connectivity index (χ4v) is 3.83. The van der Waals surface area contributed by atoms with Gasteiger partial charge in [-0.05, 0) is 37.1 Å². The second-order valence-electron chi connectivity index (χ2n) is 7.70. The number of carbonyl (C=O) groups excluding carboxylic acids is 3. The highest BCUT2D eigenvalue weighted by Gasteiger charge is 2.38. The maximum absolute atomic E-state index is 13.2. The van der Waals surface area contributed by atoms with Crippen LogP contribution in [0, 0.1) is 12.8 Å². The van der Waals surface area contributed by atoms with E-state index in [2.05, 4.69) is 5.32 Å². The Morgan fingerprint density at radius 1 is 1.16 bits per heavy atom. The summed E-state index contributed by atoms with van der Waals surface area (Å²) in [6, 6.07) is 14.8. The topological polar surface area (TPSA) is 79.0 Å². The molecule has 3 rings (SSSR count). The highest BCUT2D eigenvalue weighted by molar-refractivity contribution is 6.02. The predicted octanol–water partition coefficient (Wildman–Crippen LogP) is 3.23. The molecule has 1 aliphatic rings. The third kappa shape index (κ3) is 5.23. The van der Waals surface area contributed by atoms with Gasteiger partial charge in [-0.1, -0.05) is 37.3 Å². The van der Waals surface area contributed by atoms with Gasteiger partial charge in [0.15, 0.2) is 0 Å². The zero-order valence-corrected chi connectivity index (χ0v) is 18.3. The van der Waals surface area contributed by atoms with E-state index in [1.165, 1.54) is 0 Å². The average Bonchev–Trinajstić information content (AvgIpc) is 3.16. The van der Waals surface area contributed by atoms with E-state index in [1.807, 2.05) is 56.3 Å². The van der Waals surface area contributed by atoms with E-state index in [9.17, 15) is 14.4 Å². The molecule has 0 aromatic heterocycles.